The van der Waals surface area contributed by atoms with Crippen LogP contribution in [0.15, 0.2) is 24.3 Å². The van der Waals surface area contributed by atoms with Gasteiger partial charge in [-0.05, 0) is 11.8 Å². The summed E-state index contributed by atoms with van der Waals surface area (Å²) in [5.74, 6) is 1.30. The molecule has 2 aromatic rings. The summed E-state index contributed by atoms with van der Waals surface area (Å²) in [6.07, 6.45) is 3.49. The van der Waals surface area contributed by atoms with Crippen molar-refractivity contribution >= 4 is 11.0 Å². The van der Waals surface area contributed by atoms with E-state index >= 15 is 0 Å². The van der Waals surface area contributed by atoms with Gasteiger partial charge in [0.2, 0.25) is 6.33 Å². The quantitative estimate of drug-likeness (QED) is 0.564. The van der Waals surface area contributed by atoms with Gasteiger partial charge in [0.25, 0.3) is 0 Å². The van der Waals surface area contributed by atoms with Crippen molar-refractivity contribution in [3.8, 4) is 0 Å². The summed E-state index contributed by atoms with van der Waals surface area (Å²) in [7, 11) is 0. The van der Waals surface area contributed by atoms with Crippen LogP contribution in [0.4, 0.5) is 0 Å². The first-order valence-corrected chi connectivity index (χ1v) is 6.48. The van der Waals surface area contributed by atoms with Crippen molar-refractivity contribution in [2.45, 2.75) is 40.8 Å². The second-order valence-corrected chi connectivity index (χ2v) is 5.60. The van der Waals surface area contributed by atoms with Gasteiger partial charge in [-0.2, -0.15) is 0 Å². The normalized spacial score (nSPS) is 11.9. The van der Waals surface area contributed by atoms with Crippen LogP contribution < -0.4 is 4.57 Å². The van der Waals surface area contributed by atoms with E-state index in [-0.39, 0.29) is 0 Å². The maximum absolute atomic E-state index is 3.49. The van der Waals surface area contributed by atoms with Crippen LogP contribution in [0.1, 0.15) is 27.7 Å². The van der Waals surface area contributed by atoms with E-state index in [1.165, 1.54) is 11.0 Å². The molecule has 2 heteroatoms. The number of hydrogen-bond acceptors (Lipinski definition) is 0. The number of para-hydroxylation sites is 2. The predicted molar refractivity (Wildman–Crippen MR) is 70.6 cm³/mol. The summed E-state index contributed by atoms with van der Waals surface area (Å²) in [5, 5.41) is 0. The number of hydrogen-bond donors (Lipinski definition) is 0. The molecule has 0 saturated carbocycles. The summed E-state index contributed by atoms with van der Waals surface area (Å²) in [6.45, 7) is 11.0. The molecule has 1 aromatic heterocycles. The Kier molecular flexibility index (Phi) is 3.51. The van der Waals surface area contributed by atoms with E-state index < -0.39 is 0 Å². The first kappa shape index (κ1) is 12.2. The Balaban J connectivity index is 2.46. The summed E-state index contributed by atoms with van der Waals surface area (Å²) in [6, 6.07) is 8.58. The topological polar surface area (TPSA) is 8.81 Å². The Morgan fingerprint density at radius 1 is 1.12 bits per heavy atom. The van der Waals surface area contributed by atoms with Crippen LogP contribution >= 0.6 is 0 Å². The van der Waals surface area contributed by atoms with E-state index in [2.05, 4.69) is 67.4 Å². The van der Waals surface area contributed by atoms with Crippen LogP contribution in [0.25, 0.3) is 11.0 Å². The molecule has 0 amide bonds. The van der Waals surface area contributed by atoms with Crippen LogP contribution in [0, 0.1) is 18.2 Å². The van der Waals surface area contributed by atoms with Gasteiger partial charge in [0.1, 0.15) is 0 Å². The van der Waals surface area contributed by atoms with E-state index in [0.29, 0.717) is 11.8 Å². The number of rotatable bonds is 4. The molecule has 1 aromatic carbocycles. The maximum Gasteiger partial charge on any atom is 0.204 e. The Labute approximate surface area is 104 Å². The minimum atomic E-state index is 0.648. The minimum Gasteiger partial charge on any atom is -0.344 e. The molecule has 0 aliphatic heterocycles. The Morgan fingerprint density at radius 3 is 2.47 bits per heavy atom. The Morgan fingerprint density at radius 2 is 1.82 bits per heavy atom. The zero-order valence-corrected chi connectivity index (χ0v) is 11.3. The fraction of sp³-hybridized carbons (Fsp3) is 0.533. The van der Waals surface area contributed by atoms with Crippen molar-refractivity contribution in [3.05, 3.63) is 30.6 Å². The fourth-order valence-electron chi connectivity index (χ4n) is 2.18. The number of fused-ring (bicyclic) bond motifs is 1. The van der Waals surface area contributed by atoms with Crippen molar-refractivity contribution < 1.29 is 4.57 Å². The highest BCUT2D eigenvalue weighted by Crippen LogP contribution is 2.12. The molecule has 0 spiro atoms. The average Bonchev–Trinajstić information content (AvgIpc) is 2.56. The number of nitrogens with zero attached hydrogens (tertiary/aromatic N) is 2. The third kappa shape index (κ3) is 2.68. The van der Waals surface area contributed by atoms with E-state index in [4.69, 9.17) is 0 Å². The second-order valence-electron chi connectivity index (χ2n) is 5.60. The van der Waals surface area contributed by atoms with Gasteiger partial charge in [0.05, 0.1) is 13.1 Å². The van der Waals surface area contributed by atoms with E-state index in [0.717, 1.165) is 13.1 Å². The summed E-state index contributed by atoms with van der Waals surface area (Å²) in [5.41, 5.74) is 2.59. The molecule has 2 rings (SSSR count). The standard InChI is InChI=1S/C15H22N2/c1-12(2)9-16-11-17(10-13(3)4)15-8-6-5-7-14(15)16/h5-8,12-13H,9-10H2,1-4H3. The largest absolute Gasteiger partial charge is 0.344 e. The van der Waals surface area contributed by atoms with E-state index in [1.807, 2.05) is 0 Å². The number of imidazole rings is 1. The summed E-state index contributed by atoms with van der Waals surface area (Å²) in [4.78, 5) is 0. The molecule has 0 aliphatic rings. The lowest BCUT2D eigenvalue weighted by molar-refractivity contribution is -0.682. The number of aromatic nitrogens is 2. The molecule has 0 unspecified atom stereocenters. The lowest BCUT2D eigenvalue weighted by Crippen LogP contribution is -2.35. The third-order valence-electron chi connectivity index (χ3n) is 2.80. The molecule has 0 atom stereocenters. The molecule has 0 aliphatic carbocycles. The fourth-order valence-corrected chi connectivity index (χ4v) is 2.18. The van der Waals surface area contributed by atoms with Crippen LogP contribution in [0.3, 0.4) is 0 Å². The molecule has 2 nitrogen and oxygen atoms in total. The third-order valence-corrected chi connectivity index (χ3v) is 2.80. The van der Waals surface area contributed by atoms with Crippen molar-refractivity contribution in [2.75, 3.05) is 0 Å². The molecule has 0 saturated heterocycles. The molecule has 17 heavy (non-hydrogen) atoms. The SMILES string of the molecule is CC(C)Cn1[c-][n+](CC(C)C)c2ccccc21. The summed E-state index contributed by atoms with van der Waals surface area (Å²) >= 11 is 0. The Hall–Kier alpha value is -1.31. The van der Waals surface area contributed by atoms with Crippen molar-refractivity contribution in [2.24, 2.45) is 11.8 Å². The molecule has 92 valence electrons. The molecular formula is C15H22N2. The smallest absolute Gasteiger partial charge is 0.204 e. The highest BCUT2D eigenvalue weighted by molar-refractivity contribution is 5.71. The predicted octanol–water partition coefficient (Wildman–Crippen LogP) is 3.04. The van der Waals surface area contributed by atoms with E-state index in [1.54, 1.807) is 0 Å². The first-order valence-electron chi connectivity index (χ1n) is 6.48. The van der Waals surface area contributed by atoms with Gasteiger partial charge in [-0.25, -0.2) is 0 Å². The highest BCUT2D eigenvalue weighted by Gasteiger charge is 2.08. The molecule has 0 bridgehead atoms. The molecular weight excluding hydrogens is 208 g/mol. The first-order chi connectivity index (χ1) is 8.08. The average molecular weight is 230 g/mol. The lowest BCUT2D eigenvalue weighted by Gasteiger charge is -2.06. The van der Waals surface area contributed by atoms with Gasteiger partial charge in [-0.15, -0.1) is 0 Å². The van der Waals surface area contributed by atoms with Crippen molar-refractivity contribution in [1.29, 1.82) is 0 Å². The zero-order valence-electron chi connectivity index (χ0n) is 11.3. The zero-order chi connectivity index (χ0) is 12.4. The maximum atomic E-state index is 3.49. The minimum absolute atomic E-state index is 0.648. The van der Waals surface area contributed by atoms with Crippen LogP contribution in [0.5, 0.6) is 0 Å². The van der Waals surface area contributed by atoms with Gasteiger partial charge < -0.3 is 9.13 Å². The van der Waals surface area contributed by atoms with Crippen LogP contribution in [-0.4, -0.2) is 4.57 Å². The van der Waals surface area contributed by atoms with Crippen LogP contribution in [0.2, 0.25) is 0 Å². The van der Waals surface area contributed by atoms with Crippen molar-refractivity contribution in [1.82, 2.24) is 4.57 Å². The summed E-state index contributed by atoms with van der Waals surface area (Å²) < 4.78 is 4.50. The van der Waals surface area contributed by atoms with Gasteiger partial charge in [-0.1, -0.05) is 52.0 Å². The number of benzene rings is 1. The lowest BCUT2D eigenvalue weighted by atomic mass is 10.2. The van der Waals surface area contributed by atoms with Gasteiger partial charge in [0.15, 0.2) is 0 Å². The van der Waals surface area contributed by atoms with Gasteiger partial charge >= 0.3 is 0 Å². The molecule has 0 radical (unpaired) electrons. The molecule has 0 fully saturated rings. The second kappa shape index (κ2) is 4.91. The molecule has 0 N–H and O–H groups in total. The Bertz CT molecular complexity index is 451. The van der Waals surface area contributed by atoms with Crippen molar-refractivity contribution in [3.63, 3.8) is 0 Å². The monoisotopic (exact) mass is 230 g/mol. The van der Waals surface area contributed by atoms with Crippen LogP contribution in [-0.2, 0) is 13.1 Å². The van der Waals surface area contributed by atoms with Gasteiger partial charge in [-0.3, -0.25) is 0 Å². The van der Waals surface area contributed by atoms with E-state index in [9.17, 15) is 0 Å². The highest BCUT2D eigenvalue weighted by atomic mass is 15.1. The van der Waals surface area contributed by atoms with Gasteiger partial charge in [0, 0.05) is 11.0 Å². The molecule has 1 heterocycles.